The lowest BCUT2D eigenvalue weighted by Gasteiger charge is -1.98. The van der Waals surface area contributed by atoms with E-state index in [0.717, 1.165) is 16.5 Å². The number of aryl methyl sites for hydroxylation is 1. The summed E-state index contributed by atoms with van der Waals surface area (Å²) in [4.78, 5) is 8.23. The van der Waals surface area contributed by atoms with Gasteiger partial charge in [0.1, 0.15) is 0 Å². The number of rotatable bonds is 4. The molecule has 70 valence electrons. The monoisotopic (exact) mass is 196 g/mol. The quantitative estimate of drug-likeness (QED) is 0.328. The van der Waals surface area contributed by atoms with Crippen LogP contribution in [0.25, 0.3) is 0 Å². The van der Waals surface area contributed by atoms with E-state index in [1.807, 2.05) is 6.92 Å². The molecule has 1 aromatic rings. The SMILES string of the molecule is Cc1cnc(SCCC(=N)N)nc1. The number of hydrogen-bond donors (Lipinski definition) is 2. The van der Waals surface area contributed by atoms with Crippen molar-refractivity contribution >= 4 is 17.6 Å². The van der Waals surface area contributed by atoms with Crippen molar-refractivity contribution in [3.05, 3.63) is 18.0 Å². The molecule has 0 radical (unpaired) electrons. The molecule has 0 aliphatic heterocycles. The van der Waals surface area contributed by atoms with Crippen LogP contribution in [0.3, 0.4) is 0 Å². The van der Waals surface area contributed by atoms with E-state index in [2.05, 4.69) is 9.97 Å². The first kappa shape index (κ1) is 9.98. The minimum absolute atomic E-state index is 0.208. The molecular formula is C8H12N4S. The number of aromatic nitrogens is 2. The van der Waals surface area contributed by atoms with Gasteiger partial charge < -0.3 is 5.73 Å². The Morgan fingerprint density at radius 1 is 1.54 bits per heavy atom. The summed E-state index contributed by atoms with van der Waals surface area (Å²) < 4.78 is 0. The standard InChI is InChI=1S/C8H12N4S/c1-6-4-11-8(12-5-6)13-3-2-7(9)10/h4-5H,2-3H2,1H3,(H3,9,10). The highest BCUT2D eigenvalue weighted by atomic mass is 32.2. The summed E-state index contributed by atoms with van der Waals surface area (Å²) in [6.07, 6.45) is 4.15. The van der Waals surface area contributed by atoms with Gasteiger partial charge >= 0.3 is 0 Å². The summed E-state index contributed by atoms with van der Waals surface area (Å²) in [5.74, 6) is 0.970. The van der Waals surface area contributed by atoms with Gasteiger partial charge in [-0.15, -0.1) is 0 Å². The summed E-state index contributed by atoms with van der Waals surface area (Å²) >= 11 is 1.51. The molecule has 0 atom stereocenters. The topological polar surface area (TPSA) is 75.7 Å². The molecule has 0 aliphatic rings. The molecule has 0 bridgehead atoms. The molecule has 0 aliphatic carbocycles. The molecule has 0 fully saturated rings. The van der Waals surface area contributed by atoms with Crippen molar-refractivity contribution in [1.29, 1.82) is 5.41 Å². The summed E-state index contributed by atoms with van der Waals surface area (Å²) in [6, 6.07) is 0. The highest BCUT2D eigenvalue weighted by Crippen LogP contribution is 2.12. The number of nitrogens with zero attached hydrogens (tertiary/aromatic N) is 2. The molecule has 4 nitrogen and oxygen atoms in total. The number of thioether (sulfide) groups is 1. The molecule has 0 saturated heterocycles. The molecule has 0 unspecified atom stereocenters. The van der Waals surface area contributed by atoms with E-state index in [9.17, 15) is 0 Å². The normalized spacial score (nSPS) is 9.92. The van der Waals surface area contributed by atoms with Gasteiger partial charge in [0.05, 0.1) is 5.84 Å². The van der Waals surface area contributed by atoms with Crippen molar-refractivity contribution in [2.75, 3.05) is 5.75 Å². The maximum Gasteiger partial charge on any atom is 0.187 e. The van der Waals surface area contributed by atoms with Gasteiger partial charge in [0.25, 0.3) is 0 Å². The van der Waals surface area contributed by atoms with E-state index in [1.165, 1.54) is 11.8 Å². The van der Waals surface area contributed by atoms with Crippen molar-refractivity contribution in [2.24, 2.45) is 5.73 Å². The van der Waals surface area contributed by atoms with Crippen molar-refractivity contribution in [2.45, 2.75) is 18.5 Å². The molecule has 1 aromatic heterocycles. The van der Waals surface area contributed by atoms with Crippen LogP contribution < -0.4 is 5.73 Å². The van der Waals surface area contributed by atoms with Gasteiger partial charge in [-0.1, -0.05) is 11.8 Å². The molecule has 1 heterocycles. The third-order valence-corrected chi connectivity index (χ3v) is 2.24. The number of amidine groups is 1. The second kappa shape index (κ2) is 4.81. The van der Waals surface area contributed by atoms with Crippen LogP contribution in [0.2, 0.25) is 0 Å². The zero-order valence-electron chi connectivity index (χ0n) is 7.45. The zero-order chi connectivity index (χ0) is 9.68. The van der Waals surface area contributed by atoms with E-state index in [4.69, 9.17) is 11.1 Å². The molecular weight excluding hydrogens is 184 g/mol. The van der Waals surface area contributed by atoms with E-state index < -0.39 is 0 Å². The van der Waals surface area contributed by atoms with Gasteiger partial charge in [-0.3, -0.25) is 5.41 Å². The van der Waals surface area contributed by atoms with E-state index in [0.29, 0.717) is 6.42 Å². The Morgan fingerprint density at radius 3 is 2.69 bits per heavy atom. The molecule has 0 amide bonds. The van der Waals surface area contributed by atoms with Crippen LogP contribution in [0, 0.1) is 12.3 Å². The minimum Gasteiger partial charge on any atom is -0.388 e. The van der Waals surface area contributed by atoms with Crippen molar-refractivity contribution in [3.63, 3.8) is 0 Å². The second-order valence-corrected chi connectivity index (χ2v) is 3.73. The van der Waals surface area contributed by atoms with E-state index in [1.54, 1.807) is 12.4 Å². The Bertz CT molecular complexity index is 283. The van der Waals surface area contributed by atoms with Gasteiger partial charge in [0.15, 0.2) is 5.16 Å². The van der Waals surface area contributed by atoms with Gasteiger partial charge in [-0.05, 0) is 12.5 Å². The maximum atomic E-state index is 7.02. The second-order valence-electron chi connectivity index (χ2n) is 2.67. The highest BCUT2D eigenvalue weighted by Gasteiger charge is 1.97. The molecule has 0 saturated carbocycles. The van der Waals surface area contributed by atoms with Crippen LogP contribution >= 0.6 is 11.8 Å². The van der Waals surface area contributed by atoms with Gasteiger partial charge in [0, 0.05) is 24.6 Å². The van der Waals surface area contributed by atoms with Gasteiger partial charge in [-0.2, -0.15) is 0 Å². The largest absolute Gasteiger partial charge is 0.388 e. The number of nitrogens with two attached hydrogens (primary N) is 1. The predicted octanol–water partition coefficient (Wildman–Crippen LogP) is 1.20. The van der Waals surface area contributed by atoms with Crippen molar-refractivity contribution < 1.29 is 0 Å². The average Bonchev–Trinajstić information content (AvgIpc) is 2.08. The Kier molecular flexibility index (Phi) is 3.70. The average molecular weight is 196 g/mol. The predicted molar refractivity (Wildman–Crippen MR) is 54.0 cm³/mol. The van der Waals surface area contributed by atoms with Crippen LogP contribution in [0.5, 0.6) is 0 Å². The first-order valence-corrected chi connectivity index (χ1v) is 4.91. The fraction of sp³-hybridized carbons (Fsp3) is 0.375. The molecule has 3 N–H and O–H groups in total. The van der Waals surface area contributed by atoms with Crippen molar-refractivity contribution in [1.82, 2.24) is 9.97 Å². The third-order valence-electron chi connectivity index (χ3n) is 1.36. The molecule has 5 heteroatoms. The van der Waals surface area contributed by atoms with Crippen LogP contribution in [0.15, 0.2) is 17.6 Å². The summed E-state index contributed by atoms with van der Waals surface area (Å²) in [5.41, 5.74) is 6.26. The smallest absolute Gasteiger partial charge is 0.187 e. The number of hydrogen-bond acceptors (Lipinski definition) is 4. The van der Waals surface area contributed by atoms with Crippen LogP contribution in [0.1, 0.15) is 12.0 Å². The molecule has 0 aromatic carbocycles. The van der Waals surface area contributed by atoms with Gasteiger partial charge in [0.2, 0.25) is 0 Å². The Hall–Kier alpha value is -1.10. The summed E-state index contributed by atoms with van der Waals surface area (Å²) in [5, 5.41) is 7.76. The molecule has 13 heavy (non-hydrogen) atoms. The first-order valence-electron chi connectivity index (χ1n) is 3.93. The Balaban J connectivity index is 2.37. The Morgan fingerprint density at radius 2 is 2.15 bits per heavy atom. The van der Waals surface area contributed by atoms with Crippen LogP contribution in [-0.2, 0) is 0 Å². The summed E-state index contributed by atoms with van der Waals surface area (Å²) in [6.45, 7) is 1.95. The lowest BCUT2D eigenvalue weighted by Crippen LogP contribution is -2.09. The fourth-order valence-electron chi connectivity index (χ4n) is 0.708. The number of nitrogens with one attached hydrogen (secondary N) is 1. The third kappa shape index (κ3) is 3.89. The lowest BCUT2D eigenvalue weighted by molar-refractivity contribution is 0.949. The van der Waals surface area contributed by atoms with Gasteiger partial charge in [-0.25, -0.2) is 9.97 Å². The van der Waals surface area contributed by atoms with Crippen LogP contribution in [0.4, 0.5) is 0 Å². The van der Waals surface area contributed by atoms with E-state index in [-0.39, 0.29) is 5.84 Å². The highest BCUT2D eigenvalue weighted by molar-refractivity contribution is 7.99. The first-order chi connectivity index (χ1) is 6.18. The Labute approximate surface area is 81.5 Å². The van der Waals surface area contributed by atoms with E-state index >= 15 is 0 Å². The molecule has 0 spiro atoms. The van der Waals surface area contributed by atoms with Crippen molar-refractivity contribution in [3.8, 4) is 0 Å². The zero-order valence-corrected chi connectivity index (χ0v) is 8.27. The lowest BCUT2D eigenvalue weighted by atomic mass is 10.4. The minimum atomic E-state index is 0.208. The maximum absolute atomic E-state index is 7.02. The summed E-state index contributed by atoms with van der Waals surface area (Å²) in [7, 11) is 0. The van der Waals surface area contributed by atoms with Crippen LogP contribution in [-0.4, -0.2) is 21.6 Å². The fourth-order valence-corrected chi connectivity index (χ4v) is 1.47. The molecule has 1 rings (SSSR count).